The Labute approximate surface area is 124 Å². The van der Waals surface area contributed by atoms with Gasteiger partial charge in [-0.1, -0.05) is 13.8 Å². The van der Waals surface area contributed by atoms with Crippen molar-refractivity contribution in [3.8, 4) is 0 Å². The highest BCUT2D eigenvalue weighted by atomic mass is 16.6. The minimum absolute atomic E-state index is 0.220. The van der Waals surface area contributed by atoms with Gasteiger partial charge in [-0.3, -0.25) is 0 Å². The summed E-state index contributed by atoms with van der Waals surface area (Å²) in [5.41, 5.74) is 5.92. The Balaban J connectivity index is 2.27. The van der Waals surface area contributed by atoms with E-state index in [9.17, 15) is 9.59 Å². The van der Waals surface area contributed by atoms with Crippen molar-refractivity contribution in [2.75, 3.05) is 25.1 Å². The molecule has 21 heavy (non-hydrogen) atoms. The molecule has 0 aliphatic rings. The number of urea groups is 1. The summed E-state index contributed by atoms with van der Waals surface area (Å²) in [6, 6.07) is 5.64. The van der Waals surface area contributed by atoms with Gasteiger partial charge in [0.25, 0.3) is 0 Å². The monoisotopic (exact) mass is 294 g/mol. The van der Waals surface area contributed by atoms with E-state index < -0.39 is 12.0 Å². The third-order valence-electron chi connectivity index (χ3n) is 2.69. The molecule has 1 rings (SSSR count). The molecule has 1 aromatic carbocycles. The van der Waals surface area contributed by atoms with E-state index in [1.807, 2.05) is 0 Å². The molecule has 0 saturated heterocycles. The molecular weight excluding hydrogens is 272 g/mol. The molecule has 0 heterocycles. The largest absolute Gasteiger partial charge is 0.460 e. The first-order valence-electron chi connectivity index (χ1n) is 6.90. The summed E-state index contributed by atoms with van der Waals surface area (Å²) in [5.74, 6) is 0.174. The Hall–Kier alpha value is -2.08. The average molecular weight is 294 g/mol. The van der Waals surface area contributed by atoms with E-state index in [1.54, 1.807) is 24.3 Å². The molecule has 0 atom stereocenters. The molecule has 0 saturated carbocycles. The van der Waals surface area contributed by atoms with E-state index in [0.717, 1.165) is 6.42 Å². The molecule has 0 aromatic heterocycles. The van der Waals surface area contributed by atoms with Crippen LogP contribution in [0.1, 0.15) is 30.6 Å². The van der Waals surface area contributed by atoms with Crippen molar-refractivity contribution in [2.45, 2.75) is 20.3 Å². The van der Waals surface area contributed by atoms with Gasteiger partial charge < -0.3 is 20.5 Å². The van der Waals surface area contributed by atoms with Crippen molar-refractivity contribution >= 4 is 17.7 Å². The van der Waals surface area contributed by atoms with Crippen molar-refractivity contribution in [1.29, 1.82) is 0 Å². The van der Waals surface area contributed by atoms with E-state index in [4.69, 9.17) is 15.2 Å². The van der Waals surface area contributed by atoms with E-state index >= 15 is 0 Å². The number of nitrogens with one attached hydrogen (secondary N) is 1. The lowest BCUT2D eigenvalue weighted by Crippen LogP contribution is -2.19. The van der Waals surface area contributed by atoms with Crippen LogP contribution in [-0.2, 0) is 9.47 Å². The number of primary amides is 1. The number of ether oxygens (including phenoxy) is 2. The van der Waals surface area contributed by atoms with Crippen LogP contribution in [0, 0.1) is 5.92 Å². The van der Waals surface area contributed by atoms with Gasteiger partial charge in [0, 0.05) is 12.3 Å². The van der Waals surface area contributed by atoms with E-state index in [2.05, 4.69) is 19.2 Å². The van der Waals surface area contributed by atoms with Crippen LogP contribution in [0.2, 0.25) is 0 Å². The molecule has 0 radical (unpaired) electrons. The van der Waals surface area contributed by atoms with Gasteiger partial charge >= 0.3 is 12.0 Å². The molecule has 1 aromatic rings. The number of esters is 1. The third kappa shape index (κ3) is 7.31. The second-order valence-corrected chi connectivity index (χ2v) is 5.00. The summed E-state index contributed by atoms with van der Waals surface area (Å²) in [6.45, 7) is 5.53. The maximum Gasteiger partial charge on any atom is 0.338 e. The molecule has 6 heteroatoms. The van der Waals surface area contributed by atoms with Gasteiger partial charge in [-0.2, -0.15) is 0 Å². The Bertz CT molecular complexity index is 457. The fourth-order valence-electron chi connectivity index (χ4n) is 1.53. The second-order valence-electron chi connectivity index (χ2n) is 5.00. The number of hydrogen-bond acceptors (Lipinski definition) is 4. The zero-order chi connectivity index (χ0) is 15.7. The quantitative estimate of drug-likeness (QED) is 0.569. The summed E-state index contributed by atoms with van der Waals surface area (Å²) in [7, 11) is 0. The highest BCUT2D eigenvalue weighted by Crippen LogP contribution is 2.10. The van der Waals surface area contributed by atoms with E-state index in [0.29, 0.717) is 30.4 Å². The zero-order valence-electron chi connectivity index (χ0n) is 12.4. The standard InChI is InChI=1S/C15H22N2O4/c1-11(2)7-8-20-9-10-21-14(18)12-3-5-13(6-4-12)17-15(16)19/h3-6,11H,7-10H2,1-2H3,(H3,16,17,19). The third-order valence-corrected chi connectivity index (χ3v) is 2.69. The second kappa shape index (κ2) is 8.97. The van der Waals surface area contributed by atoms with Gasteiger partial charge in [0.15, 0.2) is 0 Å². The number of carbonyl (C=O) groups excluding carboxylic acids is 2. The van der Waals surface area contributed by atoms with Crippen molar-refractivity contribution in [3.63, 3.8) is 0 Å². The van der Waals surface area contributed by atoms with Crippen LogP contribution in [0.25, 0.3) is 0 Å². The van der Waals surface area contributed by atoms with Gasteiger partial charge in [0.2, 0.25) is 0 Å². The summed E-state index contributed by atoms with van der Waals surface area (Å²) in [6.07, 6.45) is 0.988. The first kappa shape index (κ1) is 17.0. The van der Waals surface area contributed by atoms with Crippen LogP contribution in [0.3, 0.4) is 0 Å². The molecule has 3 N–H and O–H groups in total. The fourth-order valence-corrected chi connectivity index (χ4v) is 1.53. The van der Waals surface area contributed by atoms with Crippen LogP contribution in [0.15, 0.2) is 24.3 Å². The van der Waals surface area contributed by atoms with Crippen LogP contribution < -0.4 is 11.1 Å². The maximum absolute atomic E-state index is 11.7. The molecule has 2 amide bonds. The maximum atomic E-state index is 11.7. The number of amides is 2. The average Bonchev–Trinajstić information content (AvgIpc) is 2.42. The van der Waals surface area contributed by atoms with E-state index in [-0.39, 0.29) is 6.61 Å². The molecule has 6 nitrogen and oxygen atoms in total. The van der Waals surface area contributed by atoms with Gasteiger partial charge in [0.1, 0.15) is 6.61 Å². The topological polar surface area (TPSA) is 90.7 Å². The lowest BCUT2D eigenvalue weighted by atomic mass is 10.1. The minimum atomic E-state index is -0.649. The van der Waals surface area contributed by atoms with Gasteiger partial charge in [0.05, 0.1) is 12.2 Å². The fraction of sp³-hybridized carbons (Fsp3) is 0.467. The van der Waals surface area contributed by atoms with Gasteiger partial charge in [-0.05, 0) is 36.6 Å². The highest BCUT2D eigenvalue weighted by Gasteiger charge is 2.07. The van der Waals surface area contributed by atoms with Crippen LogP contribution in [0.5, 0.6) is 0 Å². The molecular formula is C15H22N2O4. The van der Waals surface area contributed by atoms with Crippen molar-refractivity contribution in [2.24, 2.45) is 11.7 Å². The number of benzene rings is 1. The van der Waals surface area contributed by atoms with E-state index in [1.165, 1.54) is 0 Å². The predicted octanol–water partition coefficient (Wildman–Crippen LogP) is 2.40. The van der Waals surface area contributed by atoms with Gasteiger partial charge in [-0.25, -0.2) is 9.59 Å². The lowest BCUT2D eigenvalue weighted by Gasteiger charge is -2.08. The number of nitrogens with two attached hydrogens (primary N) is 1. The minimum Gasteiger partial charge on any atom is -0.460 e. The van der Waals surface area contributed by atoms with Crippen molar-refractivity contribution in [1.82, 2.24) is 0 Å². The Morgan fingerprint density at radius 1 is 1.14 bits per heavy atom. The predicted molar refractivity (Wildman–Crippen MR) is 80.2 cm³/mol. The SMILES string of the molecule is CC(C)CCOCCOC(=O)c1ccc(NC(N)=O)cc1. The molecule has 0 bridgehead atoms. The van der Waals surface area contributed by atoms with Crippen LogP contribution in [0.4, 0.5) is 10.5 Å². The Morgan fingerprint density at radius 3 is 2.38 bits per heavy atom. The summed E-state index contributed by atoms with van der Waals surface area (Å²) in [5, 5.41) is 2.41. The number of hydrogen-bond donors (Lipinski definition) is 2. The first-order valence-corrected chi connectivity index (χ1v) is 6.90. The van der Waals surface area contributed by atoms with Crippen LogP contribution >= 0.6 is 0 Å². The smallest absolute Gasteiger partial charge is 0.338 e. The Kier molecular flexibility index (Phi) is 7.25. The summed E-state index contributed by atoms with van der Waals surface area (Å²) in [4.78, 5) is 22.4. The van der Waals surface area contributed by atoms with Crippen molar-refractivity contribution < 1.29 is 19.1 Å². The normalized spacial score (nSPS) is 10.4. The molecule has 0 aliphatic carbocycles. The zero-order valence-corrected chi connectivity index (χ0v) is 12.4. The first-order chi connectivity index (χ1) is 9.99. The molecule has 0 aliphatic heterocycles. The summed E-state index contributed by atoms with van der Waals surface area (Å²) < 4.78 is 10.4. The number of anilines is 1. The summed E-state index contributed by atoms with van der Waals surface area (Å²) >= 11 is 0. The Morgan fingerprint density at radius 2 is 1.81 bits per heavy atom. The van der Waals surface area contributed by atoms with Crippen LogP contribution in [-0.4, -0.2) is 31.8 Å². The van der Waals surface area contributed by atoms with Gasteiger partial charge in [-0.15, -0.1) is 0 Å². The van der Waals surface area contributed by atoms with Crippen molar-refractivity contribution in [3.05, 3.63) is 29.8 Å². The number of carbonyl (C=O) groups is 2. The molecule has 0 unspecified atom stereocenters. The molecule has 116 valence electrons. The lowest BCUT2D eigenvalue weighted by molar-refractivity contribution is 0.0303. The number of rotatable bonds is 8. The highest BCUT2D eigenvalue weighted by molar-refractivity contribution is 5.91. The molecule has 0 fully saturated rings. The molecule has 0 spiro atoms.